The van der Waals surface area contributed by atoms with E-state index in [-0.39, 0.29) is 34.4 Å². The van der Waals surface area contributed by atoms with Gasteiger partial charge < -0.3 is 61.2 Å². The van der Waals surface area contributed by atoms with E-state index in [2.05, 4.69) is 51.2 Å². The second kappa shape index (κ2) is 22.3. The van der Waals surface area contributed by atoms with Crippen molar-refractivity contribution < 1.29 is 40.2 Å². The minimum Gasteiger partial charge on any atom is -0.504 e. The molecule has 2 aliphatic heterocycles. The number of amides is 4. The van der Waals surface area contributed by atoms with Crippen LogP contribution in [0.15, 0.2) is 179 Å². The predicted molar refractivity (Wildman–Crippen MR) is 336 cm³/mol. The highest BCUT2D eigenvalue weighted by atomic mass is 16.3. The van der Waals surface area contributed by atoms with E-state index < -0.39 is 57.7 Å². The Morgan fingerprint density at radius 3 is 0.955 bits per heavy atom. The number of anilines is 4. The SMILES string of the molecule is O=C(Nc1ccc(-c2c3nc(c(-c4ccccc4)c4ccc([nH]4)c(-c4ccccc4)c4nc(c(-c5ccc(NC(=O)Nc6nc(=O)cc(-c7cc(O)c(O)c(O)c7)[nH]6)cc5)c5ccc2[nH]5)C=C4)C=C3)cc1)Nc1nc(=O)cc(-c2cc(O)c(O)c(O)c2)[nH]1. The third-order valence-electron chi connectivity index (χ3n) is 14.5. The number of nitrogens with zero attached hydrogens (tertiary/aromatic N) is 4. The zero-order chi connectivity index (χ0) is 60.7. The molecule has 7 heterocycles. The topological polar surface area (TPSA) is 353 Å². The van der Waals surface area contributed by atoms with Crippen molar-refractivity contribution in [3.63, 3.8) is 0 Å². The standard InChI is InChI=1S/C66H46N12O10/c79-51-27-37(28-52(80)61(51)85)49-31-55(83)75-63(73-49)77-65(87)67-39-15-11-35(12-16-39)59-45-23-21-43(70-45)57(33-7-3-1-4-8-33)41-19-20-42(69-41)58(34-9-5-2-6-10-34)44-22-24-46(71-44)60(48-26-25-47(59)72-48)36-13-17-40(18-14-36)68-66(88)78-64-74-50(32-56(84)76-64)38-29-53(81)62(86)54(82)30-38/h1-32,69,72,79-82,85-86H,(H3,67,73,75,77,83,87)(H3,68,74,76,78,84,88). The summed E-state index contributed by atoms with van der Waals surface area (Å²) in [6.07, 6.45) is 7.86. The van der Waals surface area contributed by atoms with Gasteiger partial charge in [-0.15, -0.1) is 0 Å². The summed E-state index contributed by atoms with van der Waals surface area (Å²) in [5, 5.41) is 70.6. The van der Waals surface area contributed by atoms with Crippen molar-refractivity contribution in [2.24, 2.45) is 0 Å². The van der Waals surface area contributed by atoms with E-state index >= 15 is 0 Å². The van der Waals surface area contributed by atoms with Gasteiger partial charge in [0, 0.05) is 79.0 Å². The number of urea groups is 2. The van der Waals surface area contributed by atoms with Crippen molar-refractivity contribution in [3.8, 4) is 102 Å². The molecule has 0 aliphatic carbocycles. The molecule has 8 bridgehead atoms. The highest BCUT2D eigenvalue weighted by Crippen LogP contribution is 2.42. The van der Waals surface area contributed by atoms with Gasteiger partial charge in [0.05, 0.1) is 34.2 Å². The van der Waals surface area contributed by atoms with Crippen molar-refractivity contribution in [2.45, 2.75) is 0 Å². The average Bonchev–Trinajstić information content (AvgIpc) is 4.11. The van der Waals surface area contributed by atoms with Crippen LogP contribution in [0.1, 0.15) is 22.8 Å². The molecular weight excluding hydrogens is 1120 g/mol. The first-order valence-electron chi connectivity index (χ1n) is 27.0. The van der Waals surface area contributed by atoms with Gasteiger partial charge in [0.1, 0.15) is 0 Å². The van der Waals surface area contributed by atoms with Gasteiger partial charge in [-0.05, 0) is 119 Å². The smallest absolute Gasteiger partial charge is 0.326 e. The maximum absolute atomic E-state index is 13.5. The fraction of sp³-hybridized carbons (Fsp3) is 0. The molecule has 88 heavy (non-hydrogen) atoms. The highest BCUT2D eigenvalue weighted by molar-refractivity contribution is 6.03. The molecule has 0 atom stereocenters. The molecule has 14 N–H and O–H groups in total. The normalized spacial score (nSPS) is 11.5. The number of aromatic nitrogens is 8. The number of aromatic amines is 4. The van der Waals surface area contributed by atoms with Crippen LogP contribution in [0.4, 0.5) is 32.9 Å². The second-order valence-corrected chi connectivity index (χ2v) is 20.2. The molecule has 430 valence electrons. The Morgan fingerprint density at radius 2 is 0.636 bits per heavy atom. The lowest BCUT2D eigenvalue weighted by atomic mass is 10.0. The van der Waals surface area contributed by atoms with E-state index in [4.69, 9.17) is 9.97 Å². The zero-order valence-electron chi connectivity index (χ0n) is 45.6. The maximum Gasteiger partial charge on any atom is 0.326 e. The molecule has 0 saturated heterocycles. The van der Waals surface area contributed by atoms with Crippen LogP contribution >= 0.6 is 0 Å². The van der Waals surface area contributed by atoms with Crippen LogP contribution in [-0.2, 0) is 0 Å². The third kappa shape index (κ3) is 10.8. The lowest BCUT2D eigenvalue weighted by molar-refractivity contribution is 0.261. The van der Waals surface area contributed by atoms with E-state index in [0.717, 1.165) is 69.7 Å². The Kier molecular flexibility index (Phi) is 13.8. The Bertz CT molecular complexity index is 4660. The Balaban J connectivity index is 0.899. The fourth-order valence-electron chi connectivity index (χ4n) is 10.5. The van der Waals surface area contributed by atoms with Crippen molar-refractivity contribution in [2.75, 3.05) is 21.3 Å². The number of carbonyl (C=O) groups excluding carboxylic acids is 2. The lowest BCUT2D eigenvalue weighted by Crippen LogP contribution is -2.23. The minimum atomic E-state index is -0.753. The van der Waals surface area contributed by atoms with E-state index in [1.54, 1.807) is 24.3 Å². The van der Waals surface area contributed by atoms with Crippen LogP contribution in [-0.4, -0.2) is 82.6 Å². The van der Waals surface area contributed by atoms with Gasteiger partial charge in [0.15, 0.2) is 34.5 Å². The van der Waals surface area contributed by atoms with Crippen LogP contribution < -0.4 is 32.4 Å². The zero-order valence-corrected chi connectivity index (χ0v) is 45.6. The first-order chi connectivity index (χ1) is 42.6. The number of nitrogens with one attached hydrogen (secondary N) is 8. The van der Waals surface area contributed by atoms with Crippen molar-refractivity contribution in [3.05, 3.63) is 213 Å². The summed E-state index contributed by atoms with van der Waals surface area (Å²) >= 11 is 0. The number of benzene rings is 6. The number of carbonyl (C=O) groups is 2. The number of H-pyrrole nitrogens is 4. The molecule has 6 aromatic carbocycles. The van der Waals surface area contributed by atoms with Crippen molar-refractivity contribution in [1.82, 2.24) is 39.9 Å². The largest absolute Gasteiger partial charge is 0.504 e. The number of hydrogen-bond donors (Lipinski definition) is 14. The summed E-state index contributed by atoms with van der Waals surface area (Å²) in [6, 6.07) is 47.3. The van der Waals surface area contributed by atoms with Gasteiger partial charge in [-0.1, -0.05) is 84.9 Å². The molecule has 0 fully saturated rings. The second-order valence-electron chi connectivity index (χ2n) is 20.2. The maximum atomic E-state index is 13.5. The Hall–Kier alpha value is -13.0. The first-order valence-corrected chi connectivity index (χ1v) is 27.0. The van der Waals surface area contributed by atoms with E-state index in [9.17, 15) is 49.8 Å². The molecule has 0 saturated carbocycles. The average molecular weight is 1170 g/mol. The molecule has 11 aromatic rings. The molecular formula is C66H46N12O10. The number of aromatic hydroxyl groups is 6. The number of fused-ring (bicyclic) bond motifs is 8. The molecule has 13 rings (SSSR count). The van der Waals surface area contributed by atoms with Gasteiger partial charge in [0.2, 0.25) is 11.9 Å². The van der Waals surface area contributed by atoms with E-state index in [1.807, 2.05) is 133 Å². The van der Waals surface area contributed by atoms with Crippen LogP contribution in [0, 0.1) is 0 Å². The van der Waals surface area contributed by atoms with Crippen LogP contribution in [0.3, 0.4) is 0 Å². The molecule has 22 heteroatoms. The molecule has 5 aromatic heterocycles. The molecule has 4 amide bonds. The summed E-state index contributed by atoms with van der Waals surface area (Å²) in [5.41, 5.74) is 11.7. The fourth-order valence-corrected chi connectivity index (χ4v) is 10.5. The van der Waals surface area contributed by atoms with E-state index in [1.165, 1.54) is 0 Å². The monoisotopic (exact) mass is 1170 g/mol. The van der Waals surface area contributed by atoms with Gasteiger partial charge in [-0.2, -0.15) is 9.97 Å². The van der Waals surface area contributed by atoms with Gasteiger partial charge in [0.25, 0.3) is 11.1 Å². The number of phenolic OH excluding ortho intramolecular Hbond substituents is 6. The number of hydrogen-bond acceptors (Lipinski definition) is 14. The van der Waals surface area contributed by atoms with Crippen molar-refractivity contribution in [1.29, 1.82) is 0 Å². The quantitative estimate of drug-likeness (QED) is 0.0566. The number of rotatable bonds is 10. The lowest BCUT2D eigenvalue weighted by Gasteiger charge is -2.11. The summed E-state index contributed by atoms with van der Waals surface area (Å²) in [5.74, 6) is -4.44. The number of phenols is 6. The molecule has 0 spiro atoms. The van der Waals surface area contributed by atoms with Gasteiger partial charge in [-0.3, -0.25) is 20.2 Å². The summed E-state index contributed by atoms with van der Waals surface area (Å²) in [6.45, 7) is 0. The molecule has 2 aliphatic rings. The van der Waals surface area contributed by atoms with Crippen LogP contribution in [0.5, 0.6) is 34.5 Å². The molecule has 0 unspecified atom stereocenters. The summed E-state index contributed by atoms with van der Waals surface area (Å²) in [4.78, 5) is 83.7. The highest BCUT2D eigenvalue weighted by Gasteiger charge is 2.21. The minimum absolute atomic E-state index is 0.0870. The van der Waals surface area contributed by atoms with Gasteiger partial charge >= 0.3 is 12.1 Å². The summed E-state index contributed by atoms with van der Waals surface area (Å²) < 4.78 is 0. The van der Waals surface area contributed by atoms with Gasteiger partial charge in [-0.25, -0.2) is 19.6 Å². The molecule has 22 nitrogen and oxygen atoms in total. The first kappa shape index (κ1) is 54.3. The van der Waals surface area contributed by atoms with Crippen LogP contribution in [0.2, 0.25) is 0 Å². The predicted octanol–water partition coefficient (Wildman–Crippen LogP) is 12.3. The third-order valence-corrected chi connectivity index (χ3v) is 14.5. The Labute approximate surface area is 495 Å². The van der Waals surface area contributed by atoms with Crippen LogP contribution in [0.25, 0.3) is 113 Å². The molecule has 0 radical (unpaired) electrons. The van der Waals surface area contributed by atoms with E-state index in [0.29, 0.717) is 67.4 Å². The Morgan fingerprint density at radius 1 is 0.330 bits per heavy atom. The summed E-state index contributed by atoms with van der Waals surface area (Å²) in [7, 11) is 0. The van der Waals surface area contributed by atoms with Crippen molar-refractivity contribution >= 4 is 81.7 Å².